The van der Waals surface area contributed by atoms with Crippen molar-refractivity contribution in [3.05, 3.63) is 47.5 Å². The lowest BCUT2D eigenvalue weighted by Crippen LogP contribution is -2.35. The van der Waals surface area contributed by atoms with Crippen LogP contribution >= 0.6 is 0 Å². The van der Waals surface area contributed by atoms with Crippen molar-refractivity contribution in [1.82, 2.24) is 0 Å². The van der Waals surface area contributed by atoms with Crippen LogP contribution in [0.2, 0.25) is 0 Å². The van der Waals surface area contributed by atoms with E-state index in [0.717, 1.165) is 17.1 Å². The number of para-hydroxylation sites is 1. The van der Waals surface area contributed by atoms with Crippen LogP contribution in [0.1, 0.15) is 11.1 Å². The van der Waals surface area contributed by atoms with Gasteiger partial charge >= 0.3 is 0 Å². The molecule has 0 aromatic heterocycles. The van der Waals surface area contributed by atoms with E-state index in [0.29, 0.717) is 13.2 Å². The zero-order valence-corrected chi connectivity index (χ0v) is 11.8. The monoisotopic (exact) mass is 269 g/mol. The van der Waals surface area contributed by atoms with E-state index in [-0.39, 0.29) is 6.10 Å². The van der Waals surface area contributed by atoms with Crippen molar-refractivity contribution in [2.45, 2.75) is 20.0 Å². The third kappa shape index (κ3) is 2.14. The van der Waals surface area contributed by atoms with Gasteiger partial charge in [0.05, 0.1) is 0 Å². The van der Waals surface area contributed by atoms with E-state index in [2.05, 4.69) is 38.1 Å². The summed E-state index contributed by atoms with van der Waals surface area (Å²) < 4.78 is 11.8. The molecule has 2 aromatic rings. The summed E-state index contributed by atoms with van der Waals surface area (Å²) in [6.07, 6.45) is -0.0752. The van der Waals surface area contributed by atoms with Crippen molar-refractivity contribution in [2.24, 2.45) is 5.73 Å². The number of aryl methyl sites for hydroxylation is 1. The molecule has 3 nitrogen and oxygen atoms in total. The van der Waals surface area contributed by atoms with E-state index in [1.807, 2.05) is 12.1 Å². The summed E-state index contributed by atoms with van der Waals surface area (Å²) in [5.41, 5.74) is 10.5. The first-order valence-electron chi connectivity index (χ1n) is 6.90. The second kappa shape index (κ2) is 5.17. The molecule has 0 spiro atoms. The van der Waals surface area contributed by atoms with Crippen LogP contribution in [0, 0.1) is 13.8 Å². The molecule has 3 rings (SSSR count). The van der Waals surface area contributed by atoms with Gasteiger partial charge in [-0.3, -0.25) is 0 Å². The Bertz CT molecular complexity index is 637. The van der Waals surface area contributed by atoms with E-state index >= 15 is 0 Å². The van der Waals surface area contributed by atoms with Crippen LogP contribution in [0.25, 0.3) is 11.1 Å². The molecule has 20 heavy (non-hydrogen) atoms. The Morgan fingerprint density at radius 3 is 2.65 bits per heavy atom. The van der Waals surface area contributed by atoms with Gasteiger partial charge in [-0.2, -0.15) is 0 Å². The second-order valence-corrected chi connectivity index (χ2v) is 5.17. The largest absolute Gasteiger partial charge is 0.486 e. The van der Waals surface area contributed by atoms with Gasteiger partial charge in [-0.05, 0) is 36.6 Å². The molecule has 0 bridgehead atoms. The smallest absolute Gasteiger partial charge is 0.169 e. The molecular formula is C17H19NO2. The van der Waals surface area contributed by atoms with Gasteiger partial charge in [-0.1, -0.05) is 30.3 Å². The van der Waals surface area contributed by atoms with E-state index in [1.54, 1.807) is 0 Å². The zero-order valence-electron chi connectivity index (χ0n) is 11.8. The lowest BCUT2D eigenvalue weighted by molar-refractivity contribution is 0.0976. The average molecular weight is 269 g/mol. The Balaban J connectivity index is 2.13. The number of fused-ring (bicyclic) bond motifs is 1. The first-order valence-corrected chi connectivity index (χ1v) is 6.90. The predicted molar refractivity (Wildman–Crippen MR) is 80.3 cm³/mol. The number of benzene rings is 2. The van der Waals surface area contributed by atoms with Gasteiger partial charge in [0.1, 0.15) is 12.7 Å². The van der Waals surface area contributed by atoms with Crippen LogP contribution in [0.15, 0.2) is 36.4 Å². The Hall–Kier alpha value is -2.00. The van der Waals surface area contributed by atoms with Gasteiger partial charge in [-0.25, -0.2) is 0 Å². The van der Waals surface area contributed by atoms with Crippen molar-refractivity contribution >= 4 is 0 Å². The average Bonchev–Trinajstić information content (AvgIpc) is 2.49. The van der Waals surface area contributed by atoms with Crippen LogP contribution < -0.4 is 15.2 Å². The normalized spacial score (nSPS) is 17.1. The molecule has 2 N–H and O–H groups in total. The molecule has 0 saturated carbocycles. The number of hydrogen-bond acceptors (Lipinski definition) is 3. The predicted octanol–water partition coefficient (Wildman–Crippen LogP) is 3.07. The lowest BCUT2D eigenvalue weighted by Gasteiger charge is -2.27. The minimum atomic E-state index is -0.0752. The Morgan fingerprint density at radius 1 is 1.10 bits per heavy atom. The molecule has 3 heteroatoms. The van der Waals surface area contributed by atoms with Crippen LogP contribution in [-0.2, 0) is 0 Å². The summed E-state index contributed by atoms with van der Waals surface area (Å²) in [6, 6.07) is 12.3. The van der Waals surface area contributed by atoms with Crippen LogP contribution in [0.3, 0.4) is 0 Å². The van der Waals surface area contributed by atoms with E-state index in [1.165, 1.54) is 16.7 Å². The molecule has 2 aromatic carbocycles. The number of hydrogen-bond donors (Lipinski definition) is 1. The highest BCUT2D eigenvalue weighted by atomic mass is 16.6. The van der Waals surface area contributed by atoms with Crippen molar-refractivity contribution in [3.8, 4) is 22.6 Å². The third-order valence-corrected chi connectivity index (χ3v) is 3.85. The summed E-state index contributed by atoms with van der Waals surface area (Å²) in [7, 11) is 0. The summed E-state index contributed by atoms with van der Waals surface area (Å²) in [5, 5.41) is 0. The summed E-state index contributed by atoms with van der Waals surface area (Å²) in [5.74, 6) is 1.61. The molecule has 1 aliphatic heterocycles. The summed E-state index contributed by atoms with van der Waals surface area (Å²) in [6.45, 7) is 5.22. The number of rotatable bonds is 2. The van der Waals surface area contributed by atoms with Gasteiger partial charge in [0.2, 0.25) is 0 Å². The van der Waals surface area contributed by atoms with Crippen molar-refractivity contribution in [2.75, 3.05) is 13.2 Å². The highest BCUT2D eigenvalue weighted by Crippen LogP contribution is 2.42. The quantitative estimate of drug-likeness (QED) is 0.911. The third-order valence-electron chi connectivity index (χ3n) is 3.85. The van der Waals surface area contributed by atoms with Gasteiger partial charge in [0.25, 0.3) is 0 Å². The van der Waals surface area contributed by atoms with Gasteiger partial charge < -0.3 is 15.2 Å². The second-order valence-electron chi connectivity index (χ2n) is 5.17. The number of ether oxygens (including phenoxy) is 2. The Labute approximate surface area is 119 Å². The highest BCUT2D eigenvalue weighted by molar-refractivity contribution is 5.77. The Kier molecular flexibility index (Phi) is 3.36. The first kappa shape index (κ1) is 13.0. The SMILES string of the molecule is Cc1cccc(-c2cccc3c2O[C@@H](CN)CO3)c1C. The molecule has 0 saturated heterocycles. The van der Waals surface area contributed by atoms with Crippen molar-refractivity contribution < 1.29 is 9.47 Å². The molecule has 1 aliphatic rings. The maximum Gasteiger partial charge on any atom is 0.169 e. The Morgan fingerprint density at radius 2 is 1.85 bits per heavy atom. The maximum absolute atomic E-state index is 6.01. The van der Waals surface area contributed by atoms with Crippen LogP contribution in [0.4, 0.5) is 0 Å². The minimum Gasteiger partial charge on any atom is -0.486 e. The summed E-state index contributed by atoms with van der Waals surface area (Å²) in [4.78, 5) is 0. The molecule has 1 atom stereocenters. The minimum absolute atomic E-state index is 0.0752. The van der Waals surface area contributed by atoms with Crippen LogP contribution in [-0.4, -0.2) is 19.3 Å². The first-order chi connectivity index (χ1) is 9.70. The van der Waals surface area contributed by atoms with Crippen molar-refractivity contribution in [3.63, 3.8) is 0 Å². The fourth-order valence-electron chi connectivity index (χ4n) is 2.51. The van der Waals surface area contributed by atoms with Gasteiger partial charge in [0.15, 0.2) is 11.5 Å². The highest BCUT2D eigenvalue weighted by Gasteiger charge is 2.23. The molecule has 0 fully saturated rings. The topological polar surface area (TPSA) is 44.5 Å². The fraction of sp³-hybridized carbons (Fsp3) is 0.294. The molecular weight excluding hydrogens is 250 g/mol. The van der Waals surface area contributed by atoms with E-state index in [9.17, 15) is 0 Å². The standard InChI is InChI=1S/C17H19NO2/c1-11-5-3-6-14(12(11)2)15-7-4-8-16-17(15)20-13(9-18)10-19-16/h3-8,13H,9-10,18H2,1-2H3/t13-/m0/s1. The molecule has 0 radical (unpaired) electrons. The van der Waals surface area contributed by atoms with E-state index < -0.39 is 0 Å². The molecule has 0 amide bonds. The summed E-state index contributed by atoms with van der Waals surface area (Å²) >= 11 is 0. The fourth-order valence-corrected chi connectivity index (χ4v) is 2.51. The molecule has 104 valence electrons. The lowest BCUT2D eigenvalue weighted by atomic mass is 9.96. The van der Waals surface area contributed by atoms with Gasteiger partial charge in [0, 0.05) is 12.1 Å². The van der Waals surface area contributed by atoms with Crippen LogP contribution in [0.5, 0.6) is 11.5 Å². The zero-order chi connectivity index (χ0) is 14.1. The van der Waals surface area contributed by atoms with Gasteiger partial charge in [-0.15, -0.1) is 0 Å². The molecule has 1 heterocycles. The maximum atomic E-state index is 6.01. The van der Waals surface area contributed by atoms with Crippen molar-refractivity contribution in [1.29, 1.82) is 0 Å². The van der Waals surface area contributed by atoms with E-state index in [4.69, 9.17) is 15.2 Å². The molecule has 0 aliphatic carbocycles. The molecule has 0 unspecified atom stereocenters. The number of nitrogens with two attached hydrogens (primary N) is 1.